The monoisotopic (exact) mass is 583 g/mol. The lowest BCUT2D eigenvalue weighted by Gasteiger charge is -2.09. The Hall–Kier alpha value is -4.61. The van der Waals surface area contributed by atoms with Gasteiger partial charge in [-0.2, -0.15) is 13.2 Å². The summed E-state index contributed by atoms with van der Waals surface area (Å²) >= 11 is 0. The van der Waals surface area contributed by atoms with Gasteiger partial charge in [-0.1, -0.05) is 36.1 Å². The summed E-state index contributed by atoms with van der Waals surface area (Å²) in [5.41, 5.74) is 2.29. The standard InChI is InChI=1S/C30H32F3N5O4/c1-4-22-10-11-23(30(31,32)33)17-27(22)28-34-25(20-42-28)19-41-26-12-8-21(9-13-26)7-5-6-15-38-18-24(35-36-38)14-16-40-29(39)37(2)3/h4,8-13,17-18,20H,1,5-7,14-16,19H2,2-3H3. The molecule has 0 spiro atoms. The Morgan fingerprint density at radius 3 is 2.60 bits per heavy atom. The first-order valence-electron chi connectivity index (χ1n) is 13.4. The number of oxazole rings is 1. The van der Waals surface area contributed by atoms with Gasteiger partial charge in [-0.3, -0.25) is 4.68 Å². The molecule has 12 heteroatoms. The molecule has 0 atom stereocenters. The molecule has 9 nitrogen and oxygen atoms in total. The first-order valence-corrected chi connectivity index (χ1v) is 13.4. The Balaban J connectivity index is 1.20. The van der Waals surface area contributed by atoms with Gasteiger partial charge in [0.1, 0.15) is 24.3 Å². The zero-order chi connectivity index (χ0) is 30.1. The van der Waals surface area contributed by atoms with Gasteiger partial charge in [0.25, 0.3) is 0 Å². The van der Waals surface area contributed by atoms with E-state index in [-0.39, 0.29) is 30.8 Å². The molecule has 0 bridgehead atoms. The Morgan fingerprint density at radius 2 is 1.88 bits per heavy atom. The Morgan fingerprint density at radius 1 is 1.10 bits per heavy atom. The summed E-state index contributed by atoms with van der Waals surface area (Å²) < 4.78 is 57.7. The van der Waals surface area contributed by atoms with Crippen molar-refractivity contribution in [1.29, 1.82) is 0 Å². The highest BCUT2D eigenvalue weighted by atomic mass is 19.4. The van der Waals surface area contributed by atoms with E-state index in [1.54, 1.807) is 18.8 Å². The van der Waals surface area contributed by atoms with Gasteiger partial charge >= 0.3 is 12.3 Å². The molecular formula is C30H32F3N5O4. The number of unbranched alkanes of at least 4 members (excludes halogenated alkanes) is 1. The maximum atomic E-state index is 13.2. The number of nitrogens with zero attached hydrogens (tertiary/aromatic N) is 5. The molecule has 4 rings (SSSR count). The molecule has 222 valence electrons. The van der Waals surface area contributed by atoms with Crippen LogP contribution in [0.25, 0.3) is 17.5 Å². The number of rotatable bonds is 13. The number of alkyl halides is 3. The molecule has 0 N–H and O–H groups in total. The molecule has 2 heterocycles. The van der Waals surface area contributed by atoms with Crippen LogP contribution in [0.5, 0.6) is 5.75 Å². The number of hydrogen-bond donors (Lipinski definition) is 0. The second-order valence-corrected chi connectivity index (χ2v) is 9.77. The van der Waals surface area contributed by atoms with Crippen LogP contribution in [0.3, 0.4) is 0 Å². The van der Waals surface area contributed by atoms with Crippen LogP contribution in [-0.2, 0) is 36.9 Å². The third-order valence-electron chi connectivity index (χ3n) is 6.33. The highest BCUT2D eigenvalue weighted by Crippen LogP contribution is 2.34. The summed E-state index contributed by atoms with van der Waals surface area (Å²) in [5.74, 6) is 0.707. The third kappa shape index (κ3) is 8.45. The zero-order valence-corrected chi connectivity index (χ0v) is 23.4. The van der Waals surface area contributed by atoms with Crippen molar-refractivity contribution >= 4 is 12.2 Å². The summed E-state index contributed by atoms with van der Waals surface area (Å²) in [7, 11) is 3.26. The fourth-order valence-corrected chi connectivity index (χ4v) is 4.04. The SMILES string of the molecule is C=Cc1ccc(C(F)(F)F)cc1-c1nc(COc2ccc(CCCCn3cc(CCOC(=O)N(C)C)nn3)cc2)co1. The van der Waals surface area contributed by atoms with Crippen LogP contribution in [-0.4, -0.2) is 51.7 Å². The van der Waals surface area contributed by atoms with E-state index in [0.29, 0.717) is 23.4 Å². The minimum atomic E-state index is -4.48. The van der Waals surface area contributed by atoms with E-state index in [4.69, 9.17) is 13.9 Å². The molecule has 4 aromatic rings. The predicted octanol–water partition coefficient (Wildman–Crippen LogP) is 6.44. The van der Waals surface area contributed by atoms with Crippen molar-refractivity contribution in [1.82, 2.24) is 24.9 Å². The smallest absolute Gasteiger partial charge is 0.416 e. The summed E-state index contributed by atoms with van der Waals surface area (Å²) in [5, 5.41) is 8.25. The van der Waals surface area contributed by atoms with Crippen molar-refractivity contribution in [3.63, 3.8) is 0 Å². The fourth-order valence-electron chi connectivity index (χ4n) is 4.04. The van der Waals surface area contributed by atoms with Crippen molar-refractivity contribution in [3.8, 4) is 17.2 Å². The number of carbonyl (C=O) groups is 1. The van der Waals surface area contributed by atoms with Gasteiger partial charge in [0, 0.05) is 38.8 Å². The van der Waals surface area contributed by atoms with E-state index in [9.17, 15) is 18.0 Å². The van der Waals surface area contributed by atoms with E-state index in [1.807, 2.05) is 30.5 Å². The highest BCUT2D eigenvalue weighted by molar-refractivity contribution is 5.70. The Bertz CT molecular complexity index is 1480. The van der Waals surface area contributed by atoms with E-state index < -0.39 is 11.7 Å². The Labute approximate surface area is 241 Å². The Kier molecular flexibility index (Phi) is 10.00. The number of hydrogen-bond acceptors (Lipinski definition) is 7. The zero-order valence-electron chi connectivity index (χ0n) is 23.4. The van der Waals surface area contributed by atoms with Gasteiger partial charge in [-0.25, -0.2) is 9.78 Å². The van der Waals surface area contributed by atoms with Crippen molar-refractivity contribution in [2.45, 2.75) is 45.0 Å². The molecule has 2 aromatic heterocycles. The van der Waals surface area contributed by atoms with Crippen LogP contribution in [0.15, 0.2) is 65.9 Å². The van der Waals surface area contributed by atoms with Gasteiger partial charge in [0.15, 0.2) is 0 Å². The first-order chi connectivity index (χ1) is 20.1. The summed E-state index contributed by atoms with van der Waals surface area (Å²) in [6, 6.07) is 11.1. The molecule has 2 aromatic carbocycles. The molecule has 42 heavy (non-hydrogen) atoms. The summed E-state index contributed by atoms with van der Waals surface area (Å²) in [4.78, 5) is 17.1. The van der Waals surface area contributed by atoms with Crippen molar-refractivity contribution < 1.29 is 31.9 Å². The van der Waals surface area contributed by atoms with E-state index in [1.165, 1.54) is 23.3 Å². The largest absolute Gasteiger partial charge is 0.487 e. The van der Waals surface area contributed by atoms with Crippen molar-refractivity contribution in [2.75, 3.05) is 20.7 Å². The quantitative estimate of drug-likeness (QED) is 0.167. The number of benzene rings is 2. The van der Waals surface area contributed by atoms with E-state index >= 15 is 0 Å². The topological polar surface area (TPSA) is 95.5 Å². The lowest BCUT2D eigenvalue weighted by atomic mass is 10.0. The number of carbonyl (C=O) groups excluding carboxylic acids is 1. The van der Waals surface area contributed by atoms with Gasteiger partial charge < -0.3 is 18.8 Å². The van der Waals surface area contributed by atoms with Crippen LogP contribution >= 0.6 is 0 Å². The number of aryl methyl sites for hydroxylation is 2. The van der Waals surface area contributed by atoms with Crippen LogP contribution in [0.1, 0.15) is 40.9 Å². The van der Waals surface area contributed by atoms with Crippen LogP contribution in [0, 0.1) is 0 Å². The molecule has 0 unspecified atom stereocenters. The summed E-state index contributed by atoms with van der Waals surface area (Å²) in [6.07, 6.45) is 3.11. The molecule has 0 fully saturated rings. The predicted molar refractivity (Wildman–Crippen MR) is 150 cm³/mol. The second kappa shape index (κ2) is 13.8. The van der Waals surface area contributed by atoms with Crippen LogP contribution in [0.4, 0.5) is 18.0 Å². The molecule has 0 radical (unpaired) electrons. The van der Waals surface area contributed by atoms with Crippen LogP contribution in [0.2, 0.25) is 0 Å². The maximum absolute atomic E-state index is 13.2. The average molecular weight is 584 g/mol. The molecular weight excluding hydrogens is 551 g/mol. The maximum Gasteiger partial charge on any atom is 0.416 e. The average Bonchev–Trinajstić information content (AvgIpc) is 3.63. The first kappa shape index (κ1) is 30.4. The summed E-state index contributed by atoms with van der Waals surface area (Å²) in [6.45, 7) is 4.75. The minimum absolute atomic E-state index is 0.0672. The van der Waals surface area contributed by atoms with Gasteiger partial charge in [0.2, 0.25) is 5.89 Å². The lowest BCUT2D eigenvalue weighted by Crippen LogP contribution is -2.23. The van der Waals surface area contributed by atoms with Crippen molar-refractivity contribution in [3.05, 3.63) is 89.6 Å². The number of aromatic nitrogens is 4. The molecule has 1 amide bonds. The number of amides is 1. The van der Waals surface area contributed by atoms with Gasteiger partial charge in [0.05, 0.1) is 17.9 Å². The molecule has 0 aliphatic heterocycles. The van der Waals surface area contributed by atoms with E-state index in [0.717, 1.165) is 49.2 Å². The molecule has 0 aliphatic rings. The molecule has 0 aliphatic carbocycles. The third-order valence-corrected chi connectivity index (χ3v) is 6.33. The number of ether oxygens (including phenoxy) is 2. The van der Waals surface area contributed by atoms with Gasteiger partial charge in [-0.15, -0.1) is 5.10 Å². The second-order valence-electron chi connectivity index (χ2n) is 9.77. The highest BCUT2D eigenvalue weighted by Gasteiger charge is 2.31. The number of halogens is 3. The normalized spacial score (nSPS) is 11.4. The minimum Gasteiger partial charge on any atom is -0.487 e. The van der Waals surface area contributed by atoms with Gasteiger partial charge in [-0.05, 0) is 54.7 Å². The molecule has 0 saturated carbocycles. The van der Waals surface area contributed by atoms with Crippen molar-refractivity contribution in [2.24, 2.45) is 0 Å². The van der Waals surface area contributed by atoms with Crippen LogP contribution < -0.4 is 4.74 Å². The van der Waals surface area contributed by atoms with E-state index in [2.05, 4.69) is 21.9 Å². The fraction of sp³-hybridized carbons (Fsp3) is 0.333. The lowest BCUT2D eigenvalue weighted by molar-refractivity contribution is -0.137. The molecule has 0 saturated heterocycles.